The molecule has 0 fully saturated rings. The van der Waals surface area contributed by atoms with Crippen LogP contribution in [0, 0.1) is 13.8 Å². The second-order valence-electron chi connectivity index (χ2n) is 5.77. The van der Waals surface area contributed by atoms with Crippen molar-refractivity contribution in [2.24, 2.45) is 7.05 Å². The SMILES string of the molecule is CCOC(=O)/C=C(\Nc1cc2c(C)c(C)n(C)c2cc1OC)C(F)(F)F. The van der Waals surface area contributed by atoms with E-state index < -0.39 is 17.8 Å². The molecule has 0 saturated carbocycles. The number of fused-ring (bicyclic) bond motifs is 1. The van der Waals surface area contributed by atoms with Crippen LogP contribution in [-0.2, 0) is 16.6 Å². The third-order valence-corrected chi connectivity index (χ3v) is 4.25. The maximum Gasteiger partial charge on any atom is 0.431 e. The number of carbonyl (C=O) groups is 1. The van der Waals surface area contributed by atoms with Crippen molar-refractivity contribution in [3.63, 3.8) is 0 Å². The summed E-state index contributed by atoms with van der Waals surface area (Å²) in [5, 5.41) is 3.07. The van der Waals surface area contributed by atoms with Crippen LogP contribution in [-0.4, -0.2) is 30.4 Å². The Morgan fingerprint density at radius 1 is 1.31 bits per heavy atom. The Kier molecular flexibility index (Phi) is 5.53. The van der Waals surface area contributed by atoms with Gasteiger partial charge in [0.1, 0.15) is 11.4 Å². The van der Waals surface area contributed by atoms with Crippen molar-refractivity contribution in [1.82, 2.24) is 4.57 Å². The minimum Gasteiger partial charge on any atom is -0.494 e. The molecule has 8 heteroatoms. The Morgan fingerprint density at radius 3 is 2.50 bits per heavy atom. The van der Waals surface area contributed by atoms with Crippen LogP contribution in [0.2, 0.25) is 0 Å². The number of carbonyl (C=O) groups excluding carboxylic acids is 1. The summed E-state index contributed by atoms with van der Waals surface area (Å²) >= 11 is 0. The number of hydrogen-bond acceptors (Lipinski definition) is 4. The number of benzene rings is 1. The van der Waals surface area contributed by atoms with E-state index >= 15 is 0 Å². The van der Waals surface area contributed by atoms with E-state index in [1.807, 2.05) is 25.5 Å². The van der Waals surface area contributed by atoms with E-state index in [1.165, 1.54) is 14.0 Å². The van der Waals surface area contributed by atoms with Gasteiger partial charge in [0.2, 0.25) is 0 Å². The lowest BCUT2D eigenvalue weighted by atomic mass is 10.1. The summed E-state index contributed by atoms with van der Waals surface area (Å²) in [6.07, 6.45) is -4.36. The summed E-state index contributed by atoms with van der Waals surface area (Å²) in [4.78, 5) is 11.5. The van der Waals surface area contributed by atoms with Crippen LogP contribution in [0.4, 0.5) is 18.9 Å². The van der Waals surface area contributed by atoms with E-state index in [0.717, 1.165) is 22.2 Å². The molecule has 0 unspecified atom stereocenters. The molecule has 1 aromatic carbocycles. The largest absolute Gasteiger partial charge is 0.494 e. The van der Waals surface area contributed by atoms with Crippen LogP contribution in [0.1, 0.15) is 18.2 Å². The highest BCUT2D eigenvalue weighted by Gasteiger charge is 2.35. The third kappa shape index (κ3) is 3.79. The molecule has 0 amide bonds. The molecule has 0 bridgehead atoms. The van der Waals surface area contributed by atoms with Crippen LogP contribution >= 0.6 is 0 Å². The number of ether oxygens (including phenoxy) is 2. The van der Waals surface area contributed by atoms with Crippen molar-refractivity contribution in [2.45, 2.75) is 26.9 Å². The van der Waals surface area contributed by atoms with Crippen molar-refractivity contribution >= 4 is 22.6 Å². The predicted octanol–water partition coefficient (Wildman–Crippen LogP) is 4.22. The molecule has 2 aromatic rings. The summed E-state index contributed by atoms with van der Waals surface area (Å²) in [7, 11) is 3.25. The average molecular weight is 370 g/mol. The Bertz CT molecular complexity index is 867. The zero-order valence-corrected chi connectivity index (χ0v) is 15.2. The Morgan fingerprint density at radius 2 is 1.96 bits per heavy atom. The standard InChI is InChI=1S/C18H21F3N2O3/c1-6-26-17(24)9-16(18(19,20)21)22-13-7-12-10(2)11(3)23(4)14(12)8-15(13)25-5/h7-9,22H,6H2,1-5H3/b16-9-. The molecule has 0 aliphatic rings. The molecular weight excluding hydrogens is 349 g/mol. The maximum atomic E-state index is 13.3. The molecule has 5 nitrogen and oxygen atoms in total. The Labute approximate surface area is 149 Å². The zero-order chi connectivity index (χ0) is 19.6. The van der Waals surface area contributed by atoms with Crippen molar-refractivity contribution < 1.29 is 27.4 Å². The van der Waals surface area contributed by atoms with Crippen molar-refractivity contribution in [3.8, 4) is 5.75 Å². The van der Waals surface area contributed by atoms with E-state index in [1.54, 1.807) is 12.1 Å². The van der Waals surface area contributed by atoms with Crippen molar-refractivity contribution in [2.75, 3.05) is 19.0 Å². The number of nitrogens with zero attached hydrogens (tertiary/aromatic N) is 1. The van der Waals surface area contributed by atoms with Gasteiger partial charge >= 0.3 is 12.1 Å². The molecule has 0 aliphatic heterocycles. The van der Waals surface area contributed by atoms with Gasteiger partial charge in [-0.15, -0.1) is 0 Å². The van der Waals surface area contributed by atoms with Gasteiger partial charge in [0.05, 0.1) is 31.0 Å². The molecule has 0 saturated heterocycles. The lowest BCUT2D eigenvalue weighted by Crippen LogP contribution is -2.21. The normalized spacial score (nSPS) is 12.4. The Hall–Kier alpha value is -2.64. The quantitative estimate of drug-likeness (QED) is 0.632. The molecule has 26 heavy (non-hydrogen) atoms. The van der Waals surface area contributed by atoms with Gasteiger partial charge in [-0.1, -0.05) is 0 Å². The van der Waals surface area contributed by atoms with E-state index in [0.29, 0.717) is 6.08 Å². The molecule has 142 valence electrons. The number of rotatable bonds is 5. The molecule has 0 atom stereocenters. The molecule has 1 heterocycles. The second kappa shape index (κ2) is 7.31. The summed E-state index contributed by atoms with van der Waals surface area (Å²) in [5.41, 5.74) is 1.68. The van der Waals surface area contributed by atoms with Gasteiger partial charge in [-0.05, 0) is 32.4 Å². The monoisotopic (exact) mass is 370 g/mol. The first-order chi connectivity index (χ1) is 12.1. The van der Waals surface area contributed by atoms with Crippen LogP contribution in [0.3, 0.4) is 0 Å². The van der Waals surface area contributed by atoms with Gasteiger partial charge < -0.3 is 19.4 Å². The first-order valence-electron chi connectivity index (χ1n) is 7.96. The van der Waals surface area contributed by atoms with Crippen LogP contribution in [0.25, 0.3) is 10.9 Å². The molecule has 0 radical (unpaired) electrons. The summed E-state index contributed by atoms with van der Waals surface area (Å²) < 4.78 is 51.7. The number of anilines is 1. The molecule has 0 aliphatic carbocycles. The van der Waals surface area contributed by atoms with E-state index in [4.69, 9.17) is 4.74 Å². The number of halogens is 3. The van der Waals surface area contributed by atoms with E-state index in [-0.39, 0.29) is 18.0 Å². The first-order valence-corrected chi connectivity index (χ1v) is 7.96. The van der Waals surface area contributed by atoms with Gasteiger partial charge in [0, 0.05) is 24.2 Å². The topological polar surface area (TPSA) is 52.5 Å². The van der Waals surface area contributed by atoms with E-state index in [9.17, 15) is 18.0 Å². The van der Waals surface area contributed by atoms with Gasteiger partial charge in [-0.25, -0.2) is 4.79 Å². The molecular formula is C18H21F3N2O3. The second-order valence-corrected chi connectivity index (χ2v) is 5.77. The minimum absolute atomic E-state index is 0.0156. The fourth-order valence-electron chi connectivity index (χ4n) is 2.68. The van der Waals surface area contributed by atoms with Crippen LogP contribution in [0.15, 0.2) is 23.9 Å². The highest BCUT2D eigenvalue weighted by molar-refractivity contribution is 5.91. The number of methoxy groups -OCH3 is 1. The lowest BCUT2D eigenvalue weighted by molar-refractivity contribution is -0.138. The Balaban J connectivity index is 2.56. The average Bonchev–Trinajstić information content (AvgIpc) is 2.77. The molecule has 0 spiro atoms. The number of hydrogen-bond donors (Lipinski definition) is 1. The molecule has 2 rings (SSSR count). The molecule has 1 aromatic heterocycles. The lowest BCUT2D eigenvalue weighted by Gasteiger charge is -2.17. The summed E-state index contributed by atoms with van der Waals surface area (Å²) in [5.74, 6) is -0.837. The number of aryl methyl sites for hydroxylation is 2. The third-order valence-electron chi connectivity index (χ3n) is 4.25. The van der Waals surface area contributed by atoms with Gasteiger partial charge in [0.25, 0.3) is 0 Å². The fraction of sp³-hybridized carbons (Fsp3) is 0.389. The zero-order valence-electron chi connectivity index (χ0n) is 15.2. The van der Waals surface area contributed by atoms with Crippen LogP contribution < -0.4 is 10.1 Å². The highest BCUT2D eigenvalue weighted by atomic mass is 19.4. The summed E-state index contributed by atoms with van der Waals surface area (Å²) in [6.45, 7) is 5.33. The van der Waals surface area contributed by atoms with Gasteiger partial charge in [-0.3, -0.25) is 0 Å². The first kappa shape index (κ1) is 19.7. The van der Waals surface area contributed by atoms with Crippen molar-refractivity contribution in [3.05, 3.63) is 35.2 Å². The minimum atomic E-state index is -4.76. The van der Waals surface area contributed by atoms with Gasteiger partial charge in [-0.2, -0.15) is 13.2 Å². The number of allylic oxidation sites excluding steroid dienone is 1. The highest BCUT2D eigenvalue weighted by Crippen LogP contribution is 2.37. The molecule has 1 N–H and O–H groups in total. The smallest absolute Gasteiger partial charge is 0.431 e. The van der Waals surface area contributed by atoms with Gasteiger partial charge in [0.15, 0.2) is 0 Å². The number of esters is 1. The van der Waals surface area contributed by atoms with Crippen LogP contribution in [0.5, 0.6) is 5.75 Å². The number of alkyl halides is 3. The fourth-order valence-corrected chi connectivity index (χ4v) is 2.68. The van der Waals surface area contributed by atoms with Crippen molar-refractivity contribution in [1.29, 1.82) is 0 Å². The number of nitrogens with one attached hydrogen (secondary N) is 1. The predicted molar refractivity (Wildman–Crippen MR) is 93.3 cm³/mol. The van der Waals surface area contributed by atoms with E-state index in [2.05, 4.69) is 10.1 Å². The number of aromatic nitrogens is 1. The maximum absolute atomic E-state index is 13.3. The summed E-state index contributed by atoms with van der Waals surface area (Å²) in [6, 6.07) is 3.25.